The Hall–Kier alpha value is -7.23. The number of benzene rings is 8. The lowest BCUT2D eigenvalue weighted by Crippen LogP contribution is -2.28. The van der Waals surface area contributed by atoms with E-state index in [0.717, 1.165) is 27.8 Å². The van der Waals surface area contributed by atoms with E-state index in [1.54, 1.807) is 0 Å². The van der Waals surface area contributed by atoms with E-state index < -0.39 is 5.41 Å². The third-order valence-electron chi connectivity index (χ3n) is 10.8. The van der Waals surface area contributed by atoms with E-state index in [2.05, 4.69) is 152 Å². The van der Waals surface area contributed by atoms with Crippen LogP contribution in [0.2, 0.25) is 0 Å². The molecule has 0 radical (unpaired) electrons. The lowest BCUT2D eigenvalue weighted by atomic mass is 9.67. The number of nitrogens with zero attached hydrogens (tertiary/aromatic N) is 3. The van der Waals surface area contributed by atoms with Crippen LogP contribution in [0.4, 0.5) is 0 Å². The van der Waals surface area contributed by atoms with Gasteiger partial charge in [-0.25, -0.2) is 15.0 Å². The second-order valence-electron chi connectivity index (χ2n) is 14.0. The maximum Gasteiger partial charge on any atom is 0.164 e. The fraction of sp³-hybridized carbons (Fsp3) is 0.0192. The molecule has 258 valence electrons. The lowest BCUT2D eigenvalue weighted by Gasteiger charge is -2.33. The van der Waals surface area contributed by atoms with Crippen molar-refractivity contribution in [3.05, 3.63) is 235 Å². The highest BCUT2D eigenvalue weighted by Crippen LogP contribution is 2.56. The van der Waals surface area contributed by atoms with Gasteiger partial charge in [0, 0.05) is 16.7 Å². The van der Waals surface area contributed by atoms with Crippen molar-refractivity contribution in [2.45, 2.75) is 5.41 Å². The Balaban J connectivity index is 1.11. The Morgan fingerprint density at radius 3 is 1.22 bits per heavy atom. The molecule has 1 aliphatic carbocycles. The topological polar surface area (TPSA) is 38.7 Å². The van der Waals surface area contributed by atoms with E-state index in [4.69, 9.17) is 15.0 Å². The van der Waals surface area contributed by atoms with Crippen LogP contribution in [0.25, 0.3) is 67.5 Å². The number of fused-ring (bicyclic) bond motifs is 3. The van der Waals surface area contributed by atoms with Crippen molar-refractivity contribution in [2.24, 2.45) is 0 Å². The molecule has 55 heavy (non-hydrogen) atoms. The predicted octanol–water partition coefficient (Wildman–Crippen LogP) is 12.6. The van der Waals surface area contributed by atoms with Crippen LogP contribution in [0, 0.1) is 0 Å². The second kappa shape index (κ2) is 13.6. The summed E-state index contributed by atoms with van der Waals surface area (Å²) in [6.07, 6.45) is 0. The minimum Gasteiger partial charge on any atom is -0.208 e. The van der Waals surface area contributed by atoms with E-state index in [1.807, 2.05) is 60.7 Å². The molecule has 3 nitrogen and oxygen atoms in total. The van der Waals surface area contributed by atoms with Crippen molar-refractivity contribution in [2.75, 3.05) is 0 Å². The van der Waals surface area contributed by atoms with E-state index >= 15 is 0 Å². The summed E-state index contributed by atoms with van der Waals surface area (Å²) < 4.78 is 0. The second-order valence-corrected chi connectivity index (χ2v) is 14.0. The molecule has 0 fully saturated rings. The summed E-state index contributed by atoms with van der Waals surface area (Å²) in [7, 11) is 0. The third-order valence-corrected chi connectivity index (χ3v) is 10.8. The molecule has 0 N–H and O–H groups in total. The van der Waals surface area contributed by atoms with Gasteiger partial charge in [-0.3, -0.25) is 0 Å². The van der Waals surface area contributed by atoms with Crippen LogP contribution in [0.1, 0.15) is 22.3 Å². The Morgan fingerprint density at radius 2 is 0.655 bits per heavy atom. The summed E-state index contributed by atoms with van der Waals surface area (Å²) in [5.41, 5.74) is 14.7. The van der Waals surface area contributed by atoms with Gasteiger partial charge in [0.1, 0.15) is 0 Å². The molecule has 0 spiro atoms. The average molecular weight is 702 g/mol. The molecule has 0 amide bonds. The summed E-state index contributed by atoms with van der Waals surface area (Å²) in [6, 6.07) is 75.4. The maximum atomic E-state index is 5.02. The van der Waals surface area contributed by atoms with Gasteiger partial charge in [0.15, 0.2) is 17.5 Å². The van der Waals surface area contributed by atoms with Gasteiger partial charge in [0.25, 0.3) is 0 Å². The van der Waals surface area contributed by atoms with Crippen LogP contribution in [0.5, 0.6) is 0 Å². The van der Waals surface area contributed by atoms with Gasteiger partial charge in [-0.1, -0.05) is 200 Å². The molecular weight excluding hydrogens is 667 g/mol. The van der Waals surface area contributed by atoms with Crippen molar-refractivity contribution in [1.29, 1.82) is 0 Å². The molecule has 1 heterocycles. The smallest absolute Gasteiger partial charge is 0.164 e. The lowest BCUT2D eigenvalue weighted by molar-refractivity contribution is 0.768. The quantitative estimate of drug-likeness (QED) is 0.166. The number of hydrogen-bond donors (Lipinski definition) is 0. The SMILES string of the molecule is c1ccc(-c2nc(-c3ccccc3)nc(-c3cccc(-c4ccccc4-c4ccc5c(c4)-c4ccccc4C5(c4ccccc4)c4ccccc4)c3)n2)cc1. The molecule has 0 bridgehead atoms. The number of hydrogen-bond acceptors (Lipinski definition) is 3. The molecule has 0 aliphatic heterocycles. The molecule has 0 saturated carbocycles. The Morgan fingerprint density at radius 1 is 0.255 bits per heavy atom. The van der Waals surface area contributed by atoms with Gasteiger partial charge >= 0.3 is 0 Å². The standard InChI is InChI=1S/C52H35N3/c1-5-18-36(19-6-1)49-53-50(37-20-7-2-8-21-37)55-51(54-49)40-23-17-22-38(34-40)43-28-13-14-29-44(43)39-32-33-48-46(35-39)45-30-15-16-31-47(45)52(48,41-24-9-3-10-25-41)42-26-11-4-12-27-42/h1-35H. The van der Waals surface area contributed by atoms with Crippen molar-refractivity contribution in [3.8, 4) is 67.5 Å². The number of aromatic nitrogens is 3. The van der Waals surface area contributed by atoms with Gasteiger partial charge in [0.05, 0.1) is 5.41 Å². The molecule has 0 atom stereocenters. The largest absolute Gasteiger partial charge is 0.208 e. The van der Waals surface area contributed by atoms with E-state index in [9.17, 15) is 0 Å². The Labute approximate surface area is 321 Å². The van der Waals surface area contributed by atoms with E-state index in [0.29, 0.717) is 17.5 Å². The average Bonchev–Trinajstić information content (AvgIpc) is 3.58. The third kappa shape index (κ3) is 5.57. The summed E-state index contributed by atoms with van der Waals surface area (Å²) in [5, 5.41) is 0. The molecule has 10 rings (SSSR count). The van der Waals surface area contributed by atoms with Gasteiger partial charge in [-0.2, -0.15) is 0 Å². The van der Waals surface area contributed by atoms with Crippen molar-refractivity contribution in [3.63, 3.8) is 0 Å². The van der Waals surface area contributed by atoms with E-state index in [-0.39, 0.29) is 0 Å². The molecule has 8 aromatic carbocycles. The zero-order valence-electron chi connectivity index (χ0n) is 30.0. The first-order valence-electron chi connectivity index (χ1n) is 18.7. The van der Waals surface area contributed by atoms with Crippen LogP contribution in [-0.2, 0) is 5.41 Å². The van der Waals surface area contributed by atoms with Gasteiger partial charge < -0.3 is 0 Å². The molecule has 0 saturated heterocycles. The number of rotatable bonds is 7. The normalized spacial score (nSPS) is 12.5. The summed E-state index contributed by atoms with van der Waals surface area (Å²) in [4.78, 5) is 14.9. The fourth-order valence-electron chi connectivity index (χ4n) is 8.37. The molecule has 1 aromatic heterocycles. The van der Waals surface area contributed by atoms with Crippen molar-refractivity contribution in [1.82, 2.24) is 15.0 Å². The summed E-state index contributed by atoms with van der Waals surface area (Å²) in [6.45, 7) is 0. The van der Waals surface area contributed by atoms with Crippen LogP contribution in [-0.4, -0.2) is 15.0 Å². The predicted molar refractivity (Wildman–Crippen MR) is 224 cm³/mol. The monoisotopic (exact) mass is 701 g/mol. The highest BCUT2D eigenvalue weighted by molar-refractivity contribution is 5.92. The van der Waals surface area contributed by atoms with Crippen LogP contribution in [0.15, 0.2) is 212 Å². The summed E-state index contributed by atoms with van der Waals surface area (Å²) in [5.74, 6) is 1.94. The first kappa shape index (κ1) is 32.4. The van der Waals surface area contributed by atoms with Crippen LogP contribution >= 0.6 is 0 Å². The van der Waals surface area contributed by atoms with Crippen LogP contribution < -0.4 is 0 Å². The first-order valence-corrected chi connectivity index (χ1v) is 18.7. The zero-order chi connectivity index (χ0) is 36.6. The fourth-order valence-corrected chi connectivity index (χ4v) is 8.37. The van der Waals surface area contributed by atoms with Crippen molar-refractivity contribution < 1.29 is 0 Å². The van der Waals surface area contributed by atoms with Crippen molar-refractivity contribution >= 4 is 0 Å². The maximum absolute atomic E-state index is 5.02. The molecule has 1 aliphatic rings. The Kier molecular flexibility index (Phi) is 8.04. The van der Waals surface area contributed by atoms with E-state index in [1.165, 1.54) is 44.5 Å². The first-order chi connectivity index (χ1) is 27.3. The molecule has 0 unspecified atom stereocenters. The zero-order valence-corrected chi connectivity index (χ0v) is 30.0. The Bertz CT molecular complexity index is 2700. The van der Waals surface area contributed by atoms with Crippen LogP contribution in [0.3, 0.4) is 0 Å². The minimum atomic E-state index is -0.428. The summed E-state index contributed by atoms with van der Waals surface area (Å²) >= 11 is 0. The minimum absolute atomic E-state index is 0.428. The molecule has 9 aromatic rings. The van der Waals surface area contributed by atoms with Gasteiger partial charge in [0.2, 0.25) is 0 Å². The molecular formula is C52H35N3. The van der Waals surface area contributed by atoms with Gasteiger partial charge in [-0.15, -0.1) is 0 Å². The highest BCUT2D eigenvalue weighted by atomic mass is 15.0. The highest BCUT2D eigenvalue weighted by Gasteiger charge is 2.46. The molecule has 3 heteroatoms. The van der Waals surface area contributed by atoms with Gasteiger partial charge in [-0.05, 0) is 67.8 Å².